The minimum atomic E-state index is -0.511. The van der Waals surface area contributed by atoms with Gasteiger partial charge < -0.3 is 10.1 Å². The van der Waals surface area contributed by atoms with Crippen LogP contribution >= 0.6 is 11.8 Å². The van der Waals surface area contributed by atoms with Crippen LogP contribution in [0.2, 0.25) is 0 Å². The molecule has 0 aliphatic rings. The number of ether oxygens (including phenoxy) is 1. The van der Waals surface area contributed by atoms with E-state index >= 15 is 0 Å². The van der Waals surface area contributed by atoms with Gasteiger partial charge >= 0.3 is 6.09 Å². The molecule has 0 aliphatic heterocycles. The van der Waals surface area contributed by atoms with Gasteiger partial charge in [-0.25, -0.2) is 4.79 Å². The summed E-state index contributed by atoms with van der Waals surface area (Å²) in [7, 11) is 1.32. The number of benzene rings is 2. The van der Waals surface area contributed by atoms with Gasteiger partial charge in [0.25, 0.3) is 0 Å². The average molecular weight is 387 g/mol. The van der Waals surface area contributed by atoms with Crippen LogP contribution in [0.3, 0.4) is 0 Å². The fourth-order valence-corrected chi connectivity index (χ4v) is 3.05. The van der Waals surface area contributed by atoms with Gasteiger partial charge in [-0.15, -0.1) is 11.8 Å². The fraction of sp³-hybridized carbons (Fsp3) is 0.333. The Kier molecular flexibility index (Phi) is 7.30. The summed E-state index contributed by atoms with van der Waals surface area (Å²) in [6.07, 6.45) is -0.511. The number of anilines is 1. The second-order valence-electron chi connectivity index (χ2n) is 7.15. The highest BCUT2D eigenvalue weighted by atomic mass is 32.2. The van der Waals surface area contributed by atoms with Gasteiger partial charge in [0, 0.05) is 17.1 Å². The summed E-state index contributed by atoms with van der Waals surface area (Å²) in [6, 6.07) is 15.6. The molecule has 0 atom stereocenters. The third-order valence-electron chi connectivity index (χ3n) is 3.97. The van der Waals surface area contributed by atoms with Crippen LogP contribution in [-0.4, -0.2) is 24.9 Å². The molecule has 0 bridgehead atoms. The number of nitrogens with one attached hydrogen (secondary N) is 2. The molecule has 0 unspecified atom stereocenters. The molecule has 0 aromatic heterocycles. The Morgan fingerprint density at radius 2 is 1.63 bits per heavy atom. The van der Waals surface area contributed by atoms with Gasteiger partial charge in [-0.1, -0.05) is 45.0 Å². The van der Waals surface area contributed by atoms with Crippen LogP contribution < -0.4 is 10.6 Å². The molecule has 0 spiro atoms. The maximum absolute atomic E-state index is 12.1. The third kappa shape index (κ3) is 6.98. The van der Waals surface area contributed by atoms with Gasteiger partial charge in [0.2, 0.25) is 5.91 Å². The van der Waals surface area contributed by atoms with Crippen molar-refractivity contribution in [2.24, 2.45) is 0 Å². The maximum atomic E-state index is 12.1. The number of rotatable bonds is 6. The predicted molar refractivity (Wildman–Crippen MR) is 110 cm³/mol. The quantitative estimate of drug-likeness (QED) is 0.714. The van der Waals surface area contributed by atoms with Gasteiger partial charge in [0.15, 0.2) is 0 Å². The summed E-state index contributed by atoms with van der Waals surface area (Å²) in [5, 5.41) is 5.49. The van der Waals surface area contributed by atoms with Gasteiger partial charge in [0.05, 0.1) is 12.9 Å². The number of carbonyl (C=O) groups is 2. The van der Waals surface area contributed by atoms with Crippen molar-refractivity contribution in [1.82, 2.24) is 5.32 Å². The van der Waals surface area contributed by atoms with Crippen LogP contribution in [0.25, 0.3) is 0 Å². The largest absolute Gasteiger partial charge is 0.453 e. The Bertz CT molecular complexity index is 766. The molecule has 2 aromatic carbocycles. The van der Waals surface area contributed by atoms with Crippen molar-refractivity contribution < 1.29 is 14.3 Å². The highest BCUT2D eigenvalue weighted by Crippen LogP contribution is 2.25. The van der Waals surface area contributed by atoms with Gasteiger partial charge in [-0.05, 0) is 40.8 Å². The van der Waals surface area contributed by atoms with E-state index in [4.69, 9.17) is 0 Å². The number of thioether (sulfide) groups is 1. The van der Waals surface area contributed by atoms with Crippen molar-refractivity contribution in [1.29, 1.82) is 0 Å². The van der Waals surface area contributed by atoms with E-state index in [0.717, 1.165) is 10.5 Å². The number of methoxy groups -OCH3 is 1. The smallest absolute Gasteiger partial charge is 0.411 e. The van der Waals surface area contributed by atoms with Crippen molar-refractivity contribution in [2.45, 2.75) is 37.6 Å². The fourth-order valence-electron chi connectivity index (χ4n) is 2.33. The van der Waals surface area contributed by atoms with E-state index in [-0.39, 0.29) is 11.3 Å². The van der Waals surface area contributed by atoms with Gasteiger partial charge in [-0.3, -0.25) is 10.1 Å². The van der Waals surface area contributed by atoms with Crippen molar-refractivity contribution in [2.75, 3.05) is 18.2 Å². The Morgan fingerprint density at radius 1 is 1.00 bits per heavy atom. The lowest BCUT2D eigenvalue weighted by Crippen LogP contribution is -2.24. The second kappa shape index (κ2) is 9.46. The van der Waals surface area contributed by atoms with Crippen LogP contribution in [0.15, 0.2) is 53.4 Å². The molecule has 0 saturated heterocycles. The van der Waals surface area contributed by atoms with E-state index in [2.05, 4.69) is 60.4 Å². The van der Waals surface area contributed by atoms with E-state index in [9.17, 15) is 9.59 Å². The molecule has 6 heteroatoms. The van der Waals surface area contributed by atoms with Crippen LogP contribution in [0.1, 0.15) is 31.9 Å². The molecule has 2 N–H and O–H groups in total. The molecule has 144 valence electrons. The summed E-state index contributed by atoms with van der Waals surface area (Å²) in [5.74, 6) is 0.355. The Balaban J connectivity index is 1.77. The number of amides is 2. The first-order valence-corrected chi connectivity index (χ1v) is 9.70. The number of carbonyl (C=O) groups excluding carboxylic acids is 2. The summed E-state index contributed by atoms with van der Waals surface area (Å²) >= 11 is 1.52. The summed E-state index contributed by atoms with van der Waals surface area (Å²) in [6.45, 7) is 6.99. The topological polar surface area (TPSA) is 67.4 Å². The average Bonchev–Trinajstić information content (AvgIpc) is 2.65. The zero-order chi connectivity index (χ0) is 19.9. The highest BCUT2D eigenvalue weighted by Gasteiger charge is 2.13. The van der Waals surface area contributed by atoms with E-state index in [0.29, 0.717) is 18.0 Å². The van der Waals surface area contributed by atoms with Crippen molar-refractivity contribution in [3.8, 4) is 0 Å². The molecular weight excluding hydrogens is 360 g/mol. The highest BCUT2D eigenvalue weighted by molar-refractivity contribution is 8.00. The Labute approximate surface area is 164 Å². The molecular formula is C21H26N2O3S. The van der Waals surface area contributed by atoms with Crippen molar-refractivity contribution in [3.63, 3.8) is 0 Å². The SMILES string of the molecule is COC(=O)Nc1ccc(CNC(=O)CSc2ccc(C(C)(C)C)cc2)cc1. The predicted octanol–water partition coefficient (Wildman–Crippen LogP) is 4.57. The van der Waals surface area contributed by atoms with Crippen molar-refractivity contribution >= 4 is 29.4 Å². The molecule has 2 aromatic rings. The van der Waals surface area contributed by atoms with Crippen molar-refractivity contribution in [3.05, 3.63) is 59.7 Å². The molecule has 5 nitrogen and oxygen atoms in total. The Hall–Kier alpha value is -2.47. The summed E-state index contributed by atoms with van der Waals surface area (Å²) in [4.78, 5) is 24.3. The molecule has 0 aliphatic carbocycles. The number of hydrogen-bond acceptors (Lipinski definition) is 4. The molecule has 0 radical (unpaired) electrons. The van der Waals surface area contributed by atoms with E-state index in [1.165, 1.54) is 24.4 Å². The first-order valence-electron chi connectivity index (χ1n) is 8.72. The molecule has 27 heavy (non-hydrogen) atoms. The molecule has 2 amide bonds. The molecule has 2 rings (SSSR count). The normalized spacial score (nSPS) is 11.0. The van der Waals surface area contributed by atoms with Crippen LogP contribution in [0, 0.1) is 0 Å². The molecule has 0 fully saturated rings. The number of hydrogen-bond donors (Lipinski definition) is 2. The van der Waals surface area contributed by atoms with E-state index in [1.54, 1.807) is 12.1 Å². The van der Waals surface area contributed by atoms with Gasteiger partial charge in [0.1, 0.15) is 0 Å². The monoisotopic (exact) mass is 386 g/mol. The van der Waals surface area contributed by atoms with Gasteiger partial charge in [-0.2, -0.15) is 0 Å². The first kappa shape index (κ1) is 20.8. The minimum Gasteiger partial charge on any atom is -0.453 e. The van der Waals surface area contributed by atoms with Crippen LogP contribution in [0.4, 0.5) is 10.5 Å². The van der Waals surface area contributed by atoms with Crippen LogP contribution in [0.5, 0.6) is 0 Å². The summed E-state index contributed by atoms with van der Waals surface area (Å²) < 4.78 is 4.54. The zero-order valence-corrected chi connectivity index (χ0v) is 17.0. The first-order chi connectivity index (χ1) is 12.8. The van der Waals surface area contributed by atoms with E-state index < -0.39 is 6.09 Å². The lowest BCUT2D eigenvalue weighted by atomic mass is 9.87. The minimum absolute atomic E-state index is 0.0170. The molecule has 0 heterocycles. The standard InChI is InChI=1S/C21H26N2O3S/c1-21(2,3)16-7-11-18(12-8-16)27-14-19(24)22-13-15-5-9-17(10-6-15)23-20(25)26-4/h5-12H,13-14H2,1-4H3,(H,22,24)(H,23,25). The second-order valence-corrected chi connectivity index (χ2v) is 8.20. The molecule has 0 saturated carbocycles. The third-order valence-corrected chi connectivity index (χ3v) is 4.98. The lowest BCUT2D eigenvalue weighted by molar-refractivity contribution is -0.118. The maximum Gasteiger partial charge on any atom is 0.411 e. The van der Waals surface area contributed by atoms with Crippen LogP contribution in [-0.2, 0) is 21.5 Å². The lowest BCUT2D eigenvalue weighted by Gasteiger charge is -2.19. The zero-order valence-electron chi connectivity index (χ0n) is 16.2. The summed E-state index contributed by atoms with van der Waals surface area (Å²) in [5.41, 5.74) is 3.01. The Morgan fingerprint density at radius 3 is 2.19 bits per heavy atom. The van der Waals surface area contributed by atoms with E-state index in [1.807, 2.05) is 12.1 Å².